The van der Waals surface area contributed by atoms with Crippen molar-refractivity contribution in [1.29, 1.82) is 0 Å². The first-order valence-corrected chi connectivity index (χ1v) is 13.7. The maximum absolute atomic E-state index is 4.99. The lowest BCUT2D eigenvalue weighted by Crippen LogP contribution is -2.32. The van der Waals surface area contributed by atoms with Gasteiger partial charge in [0.25, 0.3) is 0 Å². The Morgan fingerprint density at radius 2 is 1.12 bits per heavy atom. The molecule has 0 aliphatic carbocycles. The van der Waals surface area contributed by atoms with Gasteiger partial charge in [-0.25, -0.2) is 9.97 Å². The van der Waals surface area contributed by atoms with Crippen LogP contribution in [0.1, 0.15) is 25.0 Å². The second kappa shape index (κ2) is 9.62. The van der Waals surface area contributed by atoms with Gasteiger partial charge in [0.05, 0.1) is 5.69 Å². The molecule has 192 valence electrons. The lowest BCUT2D eigenvalue weighted by Gasteiger charge is -2.42. The Hall–Kier alpha value is -5.02. The van der Waals surface area contributed by atoms with E-state index in [2.05, 4.69) is 134 Å². The number of nitrogens with zero attached hydrogens (tertiary/aromatic N) is 3. The van der Waals surface area contributed by atoms with Crippen LogP contribution in [0.3, 0.4) is 0 Å². The summed E-state index contributed by atoms with van der Waals surface area (Å²) in [5.74, 6) is 1.78. The molecule has 0 saturated carbocycles. The Balaban J connectivity index is 1.43. The first-order chi connectivity index (χ1) is 19.6. The van der Waals surface area contributed by atoms with Crippen LogP contribution in [0.2, 0.25) is 0 Å². The van der Waals surface area contributed by atoms with E-state index in [-0.39, 0.29) is 5.41 Å². The fourth-order valence-electron chi connectivity index (χ4n) is 5.96. The minimum Gasteiger partial charge on any atom is -0.278 e. The van der Waals surface area contributed by atoms with E-state index in [9.17, 15) is 0 Å². The Bertz CT molecular complexity index is 1790. The van der Waals surface area contributed by atoms with Crippen LogP contribution in [0.5, 0.6) is 0 Å². The van der Waals surface area contributed by atoms with Crippen LogP contribution in [-0.4, -0.2) is 9.97 Å². The first kappa shape index (κ1) is 24.1. The van der Waals surface area contributed by atoms with Gasteiger partial charge in [-0.3, -0.25) is 4.90 Å². The van der Waals surface area contributed by atoms with Gasteiger partial charge in [0, 0.05) is 23.4 Å². The zero-order valence-electron chi connectivity index (χ0n) is 22.6. The van der Waals surface area contributed by atoms with Crippen molar-refractivity contribution >= 4 is 17.3 Å². The highest BCUT2D eigenvalue weighted by Crippen LogP contribution is 2.54. The molecule has 7 rings (SSSR count). The summed E-state index contributed by atoms with van der Waals surface area (Å²) < 4.78 is 0. The largest absolute Gasteiger partial charge is 0.278 e. The molecule has 0 spiro atoms. The zero-order chi connectivity index (χ0) is 27.1. The molecule has 3 heterocycles. The summed E-state index contributed by atoms with van der Waals surface area (Å²) in [6.45, 7) is 4.64. The summed E-state index contributed by atoms with van der Waals surface area (Å²) in [5.41, 5.74) is 10.5. The normalized spacial score (nSPS) is 13.4. The smallest absolute Gasteiger partial charge is 0.143 e. The predicted molar refractivity (Wildman–Crippen MR) is 165 cm³/mol. The zero-order valence-corrected chi connectivity index (χ0v) is 22.6. The van der Waals surface area contributed by atoms with Gasteiger partial charge in [0.2, 0.25) is 0 Å². The van der Waals surface area contributed by atoms with Crippen LogP contribution in [0.15, 0.2) is 140 Å². The van der Waals surface area contributed by atoms with Crippen LogP contribution < -0.4 is 4.90 Å². The minimum atomic E-state index is -0.303. The van der Waals surface area contributed by atoms with E-state index in [4.69, 9.17) is 9.97 Å². The Morgan fingerprint density at radius 3 is 1.80 bits per heavy atom. The van der Waals surface area contributed by atoms with E-state index in [0.717, 1.165) is 17.3 Å². The molecule has 3 heteroatoms. The molecule has 0 amide bonds. The summed E-state index contributed by atoms with van der Waals surface area (Å²) >= 11 is 0. The molecule has 0 fully saturated rings. The predicted octanol–water partition coefficient (Wildman–Crippen LogP) is 9.59. The maximum atomic E-state index is 4.99. The average molecular weight is 516 g/mol. The number of rotatable bonds is 4. The summed E-state index contributed by atoms with van der Waals surface area (Å²) in [5, 5.41) is 0. The fraction of sp³-hybridized carbons (Fsp3) is 0.0811. The third kappa shape index (κ3) is 3.99. The number of pyridine rings is 2. The first-order valence-electron chi connectivity index (χ1n) is 13.7. The molecule has 40 heavy (non-hydrogen) atoms. The van der Waals surface area contributed by atoms with Crippen molar-refractivity contribution in [3.8, 4) is 33.4 Å². The highest BCUT2D eigenvalue weighted by molar-refractivity contribution is 5.89. The second-order valence-corrected chi connectivity index (χ2v) is 10.7. The molecule has 2 aromatic heterocycles. The molecule has 0 radical (unpaired) electrons. The molecule has 1 aliphatic rings. The molecule has 0 saturated heterocycles. The van der Waals surface area contributed by atoms with Gasteiger partial charge in [-0.05, 0) is 69.3 Å². The Morgan fingerprint density at radius 1 is 0.525 bits per heavy atom. The van der Waals surface area contributed by atoms with Crippen molar-refractivity contribution in [3.63, 3.8) is 0 Å². The topological polar surface area (TPSA) is 29.0 Å². The van der Waals surface area contributed by atoms with Crippen LogP contribution >= 0.6 is 0 Å². The molecule has 0 N–H and O–H groups in total. The van der Waals surface area contributed by atoms with Crippen molar-refractivity contribution in [2.45, 2.75) is 19.3 Å². The summed E-state index contributed by atoms with van der Waals surface area (Å²) in [4.78, 5) is 12.0. The van der Waals surface area contributed by atoms with Gasteiger partial charge in [-0.1, -0.05) is 111 Å². The minimum absolute atomic E-state index is 0.303. The third-order valence-corrected chi connectivity index (χ3v) is 7.97. The molecule has 0 atom stereocenters. The molecule has 3 nitrogen and oxygen atoms in total. The van der Waals surface area contributed by atoms with Crippen molar-refractivity contribution < 1.29 is 0 Å². The fourth-order valence-corrected chi connectivity index (χ4v) is 5.96. The molecular weight excluding hydrogens is 486 g/mol. The molecule has 1 aliphatic heterocycles. The van der Waals surface area contributed by atoms with Gasteiger partial charge >= 0.3 is 0 Å². The van der Waals surface area contributed by atoms with Gasteiger partial charge < -0.3 is 0 Å². The average Bonchev–Trinajstić information content (AvgIpc) is 3.02. The standard InChI is InChI=1S/C37H29N3/c1-37(2)32-25-30(27-13-7-4-8-14-27)20-21-33(32)40(34-15-9-10-23-38-34)36-35(37)31(22-24-39-36)29-18-16-28(17-19-29)26-11-5-3-6-12-26/h3-25H,1-2H3. The van der Waals surface area contributed by atoms with Crippen LogP contribution in [0.4, 0.5) is 17.3 Å². The van der Waals surface area contributed by atoms with E-state index in [1.165, 1.54) is 44.5 Å². The summed E-state index contributed by atoms with van der Waals surface area (Å²) in [7, 11) is 0. The van der Waals surface area contributed by atoms with E-state index in [1.54, 1.807) is 0 Å². The molecule has 0 bridgehead atoms. The maximum Gasteiger partial charge on any atom is 0.143 e. The van der Waals surface area contributed by atoms with Crippen molar-refractivity contribution in [2.24, 2.45) is 0 Å². The van der Waals surface area contributed by atoms with Crippen molar-refractivity contribution in [3.05, 3.63) is 151 Å². The van der Waals surface area contributed by atoms with Gasteiger partial charge in [0.1, 0.15) is 11.6 Å². The Kier molecular flexibility index (Phi) is 5.78. The highest BCUT2D eigenvalue weighted by Gasteiger charge is 2.40. The number of fused-ring (bicyclic) bond motifs is 2. The van der Waals surface area contributed by atoms with E-state index < -0.39 is 0 Å². The lowest BCUT2D eigenvalue weighted by molar-refractivity contribution is 0.629. The number of benzene rings is 4. The monoisotopic (exact) mass is 515 g/mol. The SMILES string of the molecule is CC1(C)c2cc(-c3ccccc3)ccc2N(c2ccccn2)c2nccc(-c3ccc(-c4ccccc4)cc3)c21. The van der Waals surface area contributed by atoms with E-state index >= 15 is 0 Å². The molecule has 4 aromatic carbocycles. The third-order valence-electron chi connectivity index (χ3n) is 7.97. The number of hydrogen-bond acceptors (Lipinski definition) is 3. The van der Waals surface area contributed by atoms with Gasteiger partial charge in [-0.15, -0.1) is 0 Å². The second-order valence-electron chi connectivity index (χ2n) is 10.7. The van der Waals surface area contributed by atoms with Gasteiger partial charge in [0.15, 0.2) is 0 Å². The molecular formula is C37H29N3. The van der Waals surface area contributed by atoms with E-state index in [0.29, 0.717) is 0 Å². The van der Waals surface area contributed by atoms with Gasteiger partial charge in [-0.2, -0.15) is 0 Å². The van der Waals surface area contributed by atoms with E-state index in [1.807, 2.05) is 24.5 Å². The van der Waals surface area contributed by atoms with Crippen molar-refractivity contribution in [1.82, 2.24) is 9.97 Å². The van der Waals surface area contributed by atoms with Crippen molar-refractivity contribution in [2.75, 3.05) is 4.90 Å². The molecule has 6 aromatic rings. The highest BCUT2D eigenvalue weighted by atomic mass is 15.2. The van der Waals surface area contributed by atoms with Crippen LogP contribution in [-0.2, 0) is 5.41 Å². The quantitative estimate of drug-likeness (QED) is 0.234. The Labute approximate surface area is 235 Å². The number of anilines is 3. The van der Waals surface area contributed by atoms with Crippen LogP contribution in [0.25, 0.3) is 33.4 Å². The van der Waals surface area contributed by atoms with Crippen LogP contribution in [0, 0.1) is 0 Å². The summed E-state index contributed by atoms with van der Waals surface area (Å²) in [6.07, 6.45) is 3.77. The summed E-state index contributed by atoms with van der Waals surface area (Å²) in [6, 6.07) is 45.0. The molecule has 0 unspecified atom stereocenters. The lowest BCUT2D eigenvalue weighted by atomic mass is 9.71. The number of hydrogen-bond donors (Lipinski definition) is 0. The number of aromatic nitrogens is 2.